The van der Waals surface area contributed by atoms with Crippen molar-refractivity contribution in [1.82, 2.24) is 14.5 Å². The fraction of sp³-hybridized carbons (Fsp3) is 0.200. The molecule has 2 aromatic heterocycles. The molecular formula is C15H14BrN3S. The fourth-order valence-corrected chi connectivity index (χ4v) is 3.56. The summed E-state index contributed by atoms with van der Waals surface area (Å²) >= 11 is 9.03. The lowest BCUT2D eigenvalue weighted by atomic mass is 10.1. The van der Waals surface area contributed by atoms with Crippen molar-refractivity contribution < 1.29 is 0 Å². The van der Waals surface area contributed by atoms with Gasteiger partial charge in [0.2, 0.25) is 0 Å². The highest BCUT2D eigenvalue weighted by atomic mass is 79.9. The van der Waals surface area contributed by atoms with Gasteiger partial charge < -0.3 is 4.98 Å². The van der Waals surface area contributed by atoms with Gasteiger partial charge in [-0.2, -0.15) is 0 Å². The maximum Gasteiger partial charge on any atom is 0.184 e. The van der Waals surface area contributed by atoms with Crippen LogP contribution in [0.4, 0.5) is 0 Å². The Balaban J connectivity index is 2.45. The molecule has 0 radical (unpaired) electrons. The molecule has 0 saturated carbocycles. The molecule has 1 aromatic carbocycles. The van der Waals surface area contributed by atoms with Crippen molar-refractivity contribution in [3.63, 3.8) is 0 Å². The van der Waals surface area contributed by atoms with Crippen LogP contribution in [0.3, 0.4) is 0 Å². The SMILES string of the molecule is Cc1cc(Br)cc(C)c1-n1c(=S)[nH]c2c(C)ccnc21. The zero-order valence-corrected chi connectivity index (χ0v) is 13.9. The van der Waals surface area contributed by atoms with E-state index in [1.165, 1.54) is 0 Å². The number of aromatic amines is 1. The Morgan fingerprint density at radius 2 is 1.80 bits per heavy atom. The second-order valence-corrected chi connectivity index (χ2v) is 6.28. The number of imidazole rings is 1. The van der Waals surface area contributed by atoms with Crippen LogP contribution in [0.1, 0.15) is 16.7 Å². The number of nitrogens with zero attached hydrogens (tertiary/aromatic N) is 2. The number of aryl methyl sites for hydroxylation is 3. The van der Waals surface area contributed by atoms with Crippen LogP contribution >= 0.6 is 28.1 Å². The average molecular weight is 348 g/mol. The van der Waals surface area contributed by atoms with Crippen LogP contribution in [-0.2, 0) is 0 Å². The summed E-state index contributed by atoms with van der Waals surface area (Å²) in [7, 11) is 0. The van der Waals surface area contributed by atoms with E-state index >= 15 is 0 Å². The molecule has 2 heterocycles. The molecule has 3 nitrogen and oxygen atoms in total. The Labute approximate surface area is 130 Å². The molecule has 0 unspecified atom stereocenters. The summed E-state index contributed by atoms with van der Waals surface area (Å²) in [5.41, 5.74) is 6.45. The largest absolute Gasteiger partial charge is 0.329 e. The molecule has 0 aliphatic carbocycles. The van der Waals surface area contributed by atoms with E-state index in [1.807, 2.05) is 16.8 Å². The molecule has 0 atom stereocenters. The van der Waals surface area contributed by atoms with Gasteiger partial charge in [-0.25, -0.2) is 4.98 Å². The first-order valence-corrected chi connectivity index (χ1v) is 7.52. The highest BCUT2D eigenvalue weighted by Crippen LogP contribution is 2.27. The van der Waals surface area contributed by atoms with Crippen LogP contribution in [0.2, 0.25) is 0 Å². The predicted octanol–water partition coefficient (Wildman–Crippen LogP) is 4.77. The maximum atomic E-state index is 5.50. The normalized spacial score (nSPS) is 11.2. The first-order chi connectivity index (χ1) is 9.49. The Kier molecular flexibility index (Phi) is 3.26. The molecule has 0 saturated heterocycles. The van der Waals surface area contributed by atoms with Gasteiger partial charge in [-0.15, -0.1) is 0 Å². The summed E-state index contributed by atoms with van der Waals surface area (Å²) in [5, 5.41) is 0. The number of fused-ring (bicyclic) bond motifs is 1. The van der Waals surface area contributed by atoms with Crippen LogP contribution in [0.5, 0.6) is 0 Å². The van der Waals surface area contributed by atoms with Crippen molar-refractivity contribution in [3.05, 3.63) is 50.3 Å². The first-order valence-electron chi connectivity index (χ1n) is 6.32. The van der Waals surface area contributed by atoms with Crippen LogP contribution in [-0.4, -0.2) is 14.5 Å². The van der Waals surface area contributed by atoms with E-state index in [-0.39, 0.29) is 0 Å². The van der Waals surface area contributed by atoms with Crippen LogP contribution in [0.15, 0.2) is 28.9 Å². The number of benzene rings is 1. The van der Waals surface area contributed by atoms with Gasteiger partial charge in [0.05, 0.1) is 11.2 Å². The topological polar surface area (TPSA) is 33.6 Å². The molecule has 102 valence electrons. The third-order valence-electron chi connectivity index (χ3n) is 3.47. The van der Waals surface area contributed by atoms with E-state index in [1.54, 1.807) is 0 Å². The molecule has 3 aromatic rings. The third kappa shape index (κ3) is 2.01. The Bertz CT molecular complexity index is 853. The second kappa shape index (κ2) is 4.82. The standard InChI is InChI=1S/C15H14BrN3S/c1-8-4-5-17-14-12(8)18-15(20)19(14)13-9(2)6-11(16)7-10(13)3/h4-7H,1-3H3,(H,18,20). The quantitative estimate of drug-likeness (QED) is 0.643. The van der Waals surface area contributed by atoms with Crippen LogP contribution in [0.25, 0.3) is 16.9 Å². The molecule has 0 bridgehead atoms. The fourth-order valence-electron chi connectivity index (χ4n) is 2.59. The Morgan fingerprint density at radius 3 is 2.45 bits per heavy atom. The minimum absolute atomic E-state index is 0.676. The minimum Gasteiger partial charge on any atom is -0.329 e. The minimum atomic E-state index is 0.676. The van der Waals surface area contributed by atoms with E-state index in [0.29, 0.717) is 4.77 Å². The lowest BCUT2D eigenvalue weighted by Crippen LogP contribution is -2.01. The predicted molar refractivity (Wildman–Crippen MR) is 88.2 cm³/mol. The number of hydrogen-bond donors (Lipinski definition) is 1. The molecule has 0 amide bonds. The lowest BCUT2D eigenvalue weighted by Gasteiger charge is -2.12. The van der Waals surface area contributed by atoms with Crippen molar-refractivity contribution in [2.75, 3.05) is 0 Å². The molecule has 0 spiro atoms. The van der Waals surface area contributed by atoms with E-state index in [0.717, 1.165) is 38.0 Å². The summed E-state index contributed by atoms with van der Waals surface area (Å²) in [5.74, 6) is 0. The first kappa shape index (κ1) is 13.5. The molecule has 20 heavy (non-hydrogen) atoms. The van der Waals surface area contributed by atoms with Gasteiger partial charge in [0.1, 0.15) is 0 Å². The van der Waals surface area contributed by atoms with E-state index in [2.05, 4.69) is 58.8 Å². The summed E-state index contributed by atoms with van der Waals surface area (Å²) in [6, 6.07) is 6.18. The Hall–Kier alpha value is -1.46. The highest BCUT2D eigenvalue weighted by Gasteiger charge is 2.13. The van der Waals surface area contributed by atoms with Crippen LogP contribution < -0.4 is 0 Å². The van der Waals surface area contributed by atoms with Gasteiger partial charge in [0.25, 0.3) is 0 Å². The van der Waals surface area contributed by atoms with Gasteiger partial charge in [-0.05, 0) is 67.9 Å². The zero-order chi connectivity index (χ0) is 14.4. The molecule has 5 heteroatoms. The van der Waals surface area contributed by atoms with Crippen molar-refractivity contribution in [2.24, 2.45) is 0 Å². The molecule has 1 N–H and O–H groups in total. The molecule has 0 aliphatic heterocycles. The number of hydrogen-bond acceptors (Lipinski definition) is 2. The summed E-state index contributed by atoms with van der Waals surface area (Å²) < 4.78 is 3.77. The smallest absolute Gasteiger partial charge is 0.184 e. The monoisotopic (exact) mass is 347 g/mol. The highest BCUT2D eigenvalue weighted by molar-refractivity contribution is 9.10. The number of H-pyrrole nitrogens is 1. The molecular weight excluding hydrogens is 334 g/mol. The Morgan fingerprint density at radius 1 is 1.15 bits per heavy atom. The van der Waals surface area contributed by atoms with Gasteiger partial charge in [-0.1, -0.05) is 15.9 Å². The molecule has 3 rings (SSSR count). The van der Waals surface area contributed by atoms with Crippen molar-refractivity contribution in [2.45, 2.75) is 20.8 Å². The molecule has 0 fully saturated rings. The van der Waals surface area contributed by atoms with E-state index in [4.69, 9.17) is 12.2 Å². The van der Waals surface area contributed by atoms with Gasteiger partial charge in [0, 0.05) is 10.7 Å². The summed E-state index contributed by atoms with van der Waals surface area (Å²) in [6.45, 7) is 6.23. The van der Waals surface area contributed by atoms with Crippen molar-refractivity contribution in [1.29, 1.82) is 0 Å². The number of nitrogens with one attached hydrogen (secondary N) is 1. The molecule has 0 aliphatic rings. The third-order valence-corrected chi connectivity index (χ3v) is 4.21. The number of pyridine rings is 1. The maximum absolute atomic E-state index is 5.50. The summed E-state index contributed by atoms with van der Waals surface area (Å²) in [4.78, 5) is 7.76. The number of halogens is 1. The van der Waals surface area contributed by atoms with Gasteiger partial charge in [-0.3, -0.25) is 4.57 Å². The van der Waals surface area contributed by atoms with Crippen molar-refractivity contribution in [3.8, 4) is 5.69 Å². The second-order valence-electron chi connectivity index (χ2n) is 4.98. The number of aromatic nitrogens is 3. The van der Waals surface area contributed by atoms with E-state index < -0.39 is 0 Å². The van der Waals surface area contributed by atoms with Crippen LogP contribution in [0, 0.1) is 25.5 Å². The van der Waals surface area contributed by atoms with Gasteiger partial charge in [0.15, 0.2) is 10.4 Å². The summed E-state index contributed by atoms with van der Waals surface area (Å²) in [6.07, 6.45) is 1.82. The lowest BCUT2D eigenvalue weighted by molar-refractivity contribution is 1.01. The average Bonchev–Trinajstić information content (AvgIpc) is 2.67. The van der Waals surface area contributed by atoms with E-state index in [9.17, 15) is 0 Å². The van der Waals surface area contributed by atoms with Gasteiger partial charge >= 0.3 is 0 Å². The zero-order valence-electron chi connectivity index (χ0n) is 11.5. The van der Waals surface area contributed by atoms with Crippen molar-refractivity contribution >= 4 is 39.3 Å². The number of rotatable bonds is 1.